The Bertz CT molecular complexity index is 1800. The van der Waals surface area contributed by atoms with Gasteiger partial charge in [-0.3, -0.25) is 9.52 Å². The van der Waals surface area contributed by atoms with Crippen molar-refractivity contribution in [3.8, 4) is 17.0 Å². The lowest BCUT2D eigenvalue weighted by Crippen LogP contribution is -2.38. The van der Waals surface area contributed by atoms with Crippen LogP contribution in [0.2, 0.25) is 0 Å². The van der Waals surface area contributed by atoms with E-state index in [2.05, 4.69) is 46.1 Å². The molecular formula is C35H44F2N6O5S. The van der Waals surface area contributed by atoms with Crippen LogP contribution in [0.3, 0.4) is 0 Å². The summed E-state index contributed by atoms with van der Waals surface area (Å²) in [5.74, 6) is -1.31. The zero-order chi connectivity index (χ0) is 35.3. The number of hydrogen-bond donors (Lipinski definition) is 3. The molecule has 0 bridgehead atoms. The van der Waals surface area contributed by atoms with Gasteiger partial charge in [0.1, 0.15) is 18.9 Å². The van der Waals surface area contributed by atoms with Crippen molar-refractivity contribution >= 4 is 38.9 Å². The summed E-state index contributed by atoms with van der Waals surface area (Å²) < 4.78 is 69.2. The Hall–Kier alpha value is -4.30. The molecule has 264 valence electrons. The van der Waals surface area contributed by atoms with Crippen molar-refractivity contribution < 1.29 is 31.5 Å². The highest BCUT2D eigenvalue weighted by atomic mass is 32.2. The lowest BCUT2D eigenvalue weighted by atomic mass is 9.83. The van der Waals surface area contributed by atoms with Gasteiger partial charge in [-0.15, -0.1) is 0 Å². The molecule has 3 N–H and O–H groups in total. The van der Waals surface area contributed by atoms with Gasteiger partial charge >= 0.3 is 0 Å². The summed E-state index contributed by atoms with van der Waals surface area (Å²) in [4.78, 5) is 22.7. The van der Waals surface area contributed by atoms with E-state index in [9.17, 15) is 17.6 Å². The van der Waals surface area contributed by atoms with Gasteiger partial charge in [-0.25, -0.2) is 27.2 Å². The molecule has 0 saturated heterocycles. The largest absolute Gasteiger partial charge is 0.486 e. The fourth-order valence-electron chi connectivity index (χ4n) is 6.07. The zero-order valence-electron chi connectivity index (χ0n) is 28.5. The SMILES string of the molecule is CC(C)=C1CC[C@@H](C)C[C@H]1OCC(=O)NCCS(=O)(=O)Nc1ccc(Nc2ncc(F)c(-c3cc(F)c4c(c3)N(C(C)C)CCO4)n2)cc1. The van der Waals surface area contributed by atoms with Crippen molar-refractivity contribution in [3.05, 3.63) is 65.4 Å². The van der Waals surface area contributed by atoms with Crippen LogP contribution in [0.4, 0.5) is 31.8 Å². The number of fused-ring (bicyclic) bond motifs is 1. The second-order valence-electron chi connectivity index (χ2n) is 13.0. The number of carbonyl (C=O) groups is 1. The minimum atomic E-state index is -3.77. The first-order valence-corrected chi connectivity index (χ1v) is 18.1. The van der Waals surface area contributed by atoms with Crippen molar-refractivity contribution in [1.82, 2.24) is 15.3 Å². The van der Waals surface area contributed by atoms with E-state index in [0.717, 1.165) is 25.5 Å². The molecule has 49 heavy (non-hydrogen) atoms. The van der Waals surface area contributed by atoms with Crippen LogP contribution in [-0.2, 0) is 19.6 Å². The van der Waals surface area contributed by atoms with Gasteiger partial charge in [-0.05, 0) is 94.8 Å². The molecule has 1 fully saturated rings. The Morgan fingerprint density at radius 3 is 2.57 bits per heavy atom. The number of hydrogen-bond acceptors (Lipinski definition) is 9. The Kier molecular flexibility index (Phi) is 11.4. The highest BCUT2D eigenvalue weighted by Gasteiger charge is 2.27. The molecule has 5 rings (SSSR count). The molecule has 1 aromatic heterocycles. The van der Waals surface area contributed by atoms with Crippen LogP contribution >= 0.6 is 0 Å². The van der Waals surface area contributed by atoms with E-state index < -0.39 is 21.7 Å². The quantitative estimate of drug-likeness (QED) is 0.190. The molecule has 2 atom stereocenters. The summed E-state index contributed by atoms with van der Waals surface area (Å²) >= 11 is 0. The minimum absolute atomic E-state index is 0.0645. The number of aromatic nitrogens is 2. The van der Waals surface area contributed by atoms with Crippen LogP contribution in [0.25, 0.3) is 11.3 Å². The number of halogens is 2. The number of allylic oxidation sites excluding steroid dienone is 1. The monoisotopic (exact) mass is 698 g/mol. The van der Waals surface area contributed by atoms with Gasteiger partial charge in [-0.2, -0.15) is 0 Å². The van der Waals surface area contributed by atoms with E-state index in [0.29, 0.717) is 36.1 Å². The average Bonchev–Trinajstić information content (AvgIpc) is 3.05. The maximum Gasteiger partial charge on any atom is 0.246 e. The smallest absolute Gasteiger partial charge is 0.246 e. The van der Waals surface area contributed by atoms with Gasteiger partial charge in [0.25, 0.3) is 0 Å². The molecule has 0 radical (unpaired) electrons. The van der Waals surface area contributed by atoms with E-state index >= 15 is 4.39 Å². The van der Waals surface area contributed by atoms with Gasteiger partial charge in [0, 0.05) is 29.5 Å². The number of nitrogens with zero attached hydrogens (tertiary/aromatic N) is 3. The number of carbonyl (C=O) groups excluding carboxylic acids is 1. The van der Waals surface area contributed by atoms with Gasteiger partial charge in [-0.1, -0.05) is 12.5 Å². The normalized spacial score (nSPS) is 17.7. The summed E-state index contributed by atoms with van der Waals surface area (Å²) in [6.45, 7) is 11.0. The van der Waals surface area contributed by atoms with Crippen LogP contribution < -0.4 is 25.0 Å². The number of amides is 1. The summed E-state index contributed by atoms with van der Waals surface area (Å²) in [7, 11) is -3.77. The fraction of sp³-hybridized carbons (Fsp3) is 0.457. The molecular weight excluding hydrogens is 654 g/mol. The lowest BCUT2D eigenvalue weighted by molar-refractivity contribution is -0.127. The first-order valence-electron chi connectivity index (χ1n) is 16.5. The third-order valence-electron chi connectivity index (χ3n) is 8.63. The molecule has 2 heterocycles. The Balaban J connectivity index is 1.15. The highest BCUT2D eigenvalue weighted by Crippen LogP contribution is 2.39. The van der Waals surface area contributed by atoms with Gasteiger partial charge in [0.05, 0.1) is 30.3 Å². The number of sulfonamides is 1. The number of rotatable bonds is 12. The van der Waals surface area contributed by atoms with Gasteiger partial charge < -0.3 is 25.0 Å². The highest BCUT2D eigenvalue weighted by molar-refractivity contribution is 7.92. The van der Waals surface area contributed by atoms with Crippen LogP contribution in [-0.4, -0.2) is 68.5 Å². The van der Waals surface area contributed by atoms with Crippen molar-refractivity contribution in [1.29, 1.82) is 0 Å². The first kappa shape index (κ1) is 36.0. The third-order valence-corrected chi connectivity index (χ3v) is 9.92. The second-order valence-corrected chi connectivity index (χ2v) is 14.9. The summed E-state index contributed by atoms with van der Waals surface area (Å²) in [5.41, 5.74) is 3.95. The molecule has 0 spiro atoms. The predicted molar refractivity (Wildman–Crippen MR) is 187 cm³/mol. The molecule has 11 nitrogen and oxygen atoms in total. The molecule has 1 saturated carbocycles. The van der Waals surface area contributed by atoms with Crippen LogP contribution in [0.15, 0.2) is 53.7 Å². The Morgan fingerprint density at radius 2 is 1.86 bits per heavy atom. The Morgan fingerprint density at radius 1 is 1.12 bits per heavy atom. The molecule has 2 aliphatic rings. The average molecular weight is 699 g/mol. The second kappa shape index (κ2) is 15.5. The number of nitrogens with one attached hydrogen (secondary N) is 3. The molecule has 1 amide bonds. The van der Waals surface area contributed by atoms with E-state index in [1.807, 2.05) is 18.7 Å². The van der Waals surface area contributed by atoms with Crippen LogP contribution in [0.1, 0.15) is 53.9 Å². The number of ether oxygens (including phenoxy) is 2. The number of anilines is 4. The maximum absolute atomic E-state index is 15.0. The van der Waals surface area contributed by atoms with Crippen LogP contribution in [0, 0.1) is 17.6 Å². The predicted octanol–water partition coefficient (Wildman–Crippen LogP) is 6.17. The van der Waals surface area contributed by atoms with Crippen molar-refractivity contribution in [2.75, 3.05) is 47.0 Å². The standard InChI is InChI=1S/C35H44F2N6O5S/c1-21(2)27-11-6-23(5)16-31(27)48-20-32(44)38-12-15-49(45,46)42-26-9-7-25(8-10-26)40-35-39-19-29(37)33(41-35)24-17-28(36)34-30(18-24)43(22(3)4)13-14-47-34/h7-10,17-19,22-23,31,42H,6,11-16,20H2,1-5H3,(H,38,44)(H,39,40,41)/t23-,31-/m1/s1. The van der Waals surface area contributed by atoms with E-state index in [4.69, 9.17) is 9.47 Å². The Labute approximate surface area is 286 Å². The molecule has 0 unspecified atom stereocenters. The van der Waals surface area contributed by atoms with E-state index in [1.165, 1.54) is 17.2 Å². The van der Waals surface area contributed by atoms with Crippen molar-refractivity contribution in [2.45, 2.75) is 66.0 Å². The van der Waals surface area contributed by atoms with Crippen LogP contribution in [0.5, 0.6) is 5.75 Å². The minimum Gasteiger partial charge on any atom is -0.486 e. The van der Waals surface area contributed by atoms with Crippen molar-refractivity contribution in [3.63, 3.8) is 0 Å². The lowest BCUT2D eigenvalue weighted by Gasteiger charge is -2.34. The molecule has 2 aromatic carbocycles. The summed E-state index contributed by atoms with van der Waals surface area (Å²) in [6, 6.07) is 9.22. The summed E-state index contributed by atoms with van der Waals surface area (Å²) in [5, 5.41) is 5.59. The van der Waals surface area contributed by atoms with Crippen molar-refractivity contribution in [2.24, 2.45) is 5.92 Å². The maximum atomic E-state index is 15.0. The third kappa shape index (κ3) is 9.24. The fourth-order valence-corrected chi connectivity index (χ4v) is 7.04. The van der Waals surface area contributed by atoms with Gasteiger partial charge in [0.15, 0.2) is 17.4 Å². The molecule has 14 heteroatoms. The van der Waals surface area contributed by atoms with E-state index in [1.54, 1.807) is 30.3 Å². The first-order chi connectivity index (χ1) is 23.3. The van der Waals surface area contributed by atoms with Gasteiger partial charge in [0.2, 0.25) is 21.9 Å². The van der Waals surface area contributed by atoms with E-state index in [-0.39, 0.29) is 59.9 Å². The molecule has 3 aromatic rings. The molecule has 1 aliphatic carbocycles. The zero-order valence-corrected chi connectivity index (χ0v) is 29.3. The molecule has 1 aliphatic heterocycles. The summed E-state index contributed by atoms with van der Waals surface area (Å²) in [6.07, 6.45) is 3.84. The topological polar surface area (TPSA) is 135 Å². The number of benzene rings is 2.